The first-order chi connectivity index (χ1) is 9.01. The fourth-order valence-electron chi connectivity index (χ4n) is 2.24. The third-order valence-corrected chi connectivity index (χ3v) is 3.65. The van der Waals surface area contributed by atoms with E-state index in [0.717, 1.165) is 30.7 Å². The van der Waals surface area contributed by atoms with E-state index in [2.05, 4.69) is 5.32 Å². The van der Waals surface area contributed by atoms with Gasteiger partial charge in [0.15, 0.2) is 0 Å². The van der Waals surface area contributed by atoms with Crippen LogP contribution in [0.15, 0.2) is 12.1 Å². The lowest BCUT2D eigenvalue weighted by Gasteiger charge is -2.36. The van der Waals surface area contributed by atoms with Crippen LogP contribution in [0.2, 0.25) is 5.02 Å². The number of hydrogen-bond acceptors (Lipinski definition) is 4. The van der Waals surface area contributed by atoms with Crippen molar-refractivity contribution in [2.75, 3.05) is 11.9 Å². The van der Waals surface area contributed by atoms with Gasteiger partial charge in [0.1, 0.15) is 5.02 Å². The SMILES string of the molecule is CCOC1CC(Nc2cc(Cl)c([N+](=O)[O-])cc2C)C1. The van der Waals surface area contributed by atoms with Gasteiger partial charge in [-0.05, 0) is 38.3 Å². The molecule has 1 aliphatic carbocycles. The van der Waals surface area contributed by atoms with Crippen LogP contribution in [0.25, 0.3) is 0 Å². The Morgan fingerprint density at radius 2 is 2.21 bits per heavy atom. The number of nitro groups is 1. The van der Waals surface area contributed by atoms with Gasteiger partial charge < -0.3 is 10.1 Å². The van der Waals surface area contributed by atoms with Crippen LogP contribution in [0.1, 0.15) is 25.3 Å². The summed E-state index contributed by atoms with van der Waals surface area (Å²) in [7, 11) is 0. The van der Waals surface area contributed by atoms with Crippen LogP contribution in [-0.4, -0.2) is 23.7 Å². The molecule has 0 spiro atoms. The Morgan fingerprint density at radius 1 is 1.53 bits per heavy atom. The number of hydrogen-bond donors (Lipinski definition) is 1. The van der Waals surface area contributed by atoms with Crippen LogP contribution in [-0.2, 0) is 4.74 Å². The van der Waals surface area contributed by atoms with Gasteiger partial charge in [0.2, 0.25) is 0 Å². The van der Waals surface area contributed by atoms with Gasteiger partial charge in [-0.2, -0.15) is 0 Å². The van der Waals surface area contributed by atoms with E-state index in [1.165, 1.54) is 6.07 Å². The molecule has 1 fully saturated rings. The van der Waals surface area contributed by atoms with Gasteiger partial charge in [-0.1, -0.05) is 11.6 Å². The van der Waals surface area contributed by atoms with Crippen molar-refractivity contribution in [3.05, 3.63) is 32.8 Å². The number of rotatable bonds is 5. The topological polar surface area (TPSA) is 64.4 Å². The normalized spacial score (nSPS) is 21.8. The second kappa shape index (κ2) is 5.75. The largest absolute Gasteiger partial charge is 0.382 e. The van der Waals surface area contributed by atoms with Crippen LogP contribution >= 0.6 is 11.6 Å². The van der Waals surface area contributed by atoms with E-state index in [0.29, 0.717) is 12.1 Å². The molecule has 104 valence electrons. The summed E-state index contributed by atoms with van der Waals surface area (Å²) >= 11 is 5.91. The highest BCUT2D eigenvalue weighted by atomic mass is 35.5. The lowest BCUT2D eigenvalue weighted by molar-refractivity contribution is -0.384. The smallest absolute Gasteiger partial charge is 0.288 e. The van der Waals surface area contributed by atoms with Gasteiger partial charge in [0.25, 0.3) is 5.69 Å². The molecule has 0 atom stereocenters. The molecule has 0 amide bonds. The fraction of sp³-hybridized carbons (Fsp3) is 0.538. The molecule has 0 heterocycles. The van der Waals surface area contributed by atoms with E-state index in [1.54, 1.807) is 6.07 Å². The van der Waals surface area contributed by atoms with Crippen molar-refractivity contribution < 1.29 is 9.66 Å². The van der Waals surface area contributed by atoms with E-state index in [4.69, 9.17) is 16.3 Å². The number of benzene rings is 1. The Morgan fingerprint density at radius 3 is 2.79 bits per heavy atom. The monoisotopic (exact) mass is 284 g/mol. The molecule has 0 aliphatic heterocycles. The summed E-state index contributed by atoms with van der Waals surface area (Å²) in [6.07, 6.45) is 2.25. The van der Waals surface area contributed by atoms with Crippen LogP contribution in [0, 0.1) is 17.0 Å². The number of nitrogens with zero attached hydrogens (tertiary/aromatic N) is 1. The highest BCUT2D eigenvalue weighted by molar-refractivity contribution is 6.33. The molecule has 19 heavy (non-hydrogen) atoms. The number of nitrogens with one attached hydrogen (secondary N) is 1. The van der Waals surface area contributed by atoms with Crippen molar-refractivity contribution in [2.45, 2.75) is 38.8 Å². The van der Waals surface area contributed by atoms with Gasteiger partial charge in [-0.25, -0.2) is 0 Å². The Labute approximate surface area is 117 Å². The highest BCUT2D eigenvalue weighted by Gasteiger charge is 2.30. The third-order valence-electron chi connectivity index (χ3n) is 3.35. The van der Waals surface area contributed by atoms with Crippen LogP contribution in [0.3, 0.4) is 0 Å². The minimum absolute atomic E-state index is 0.0504. The molecule has 0 saturated heterocycles. The van der Waals surface area contributed by atoms with Gasteiger partial charge >= 0.3 is 0 Å². The molecule has 1 aliphatic rings. The predicted molar refractivity (Wildman–Crippen MR) is 74.9 cm³/mol. The lowest BCUT2D eigenvalue weighted by atomic mass is 9.89. The van der Waals surface area contributed by atoms with Crippen molar-refractivity contribution >= 4 is 23.0 Å². The maximum Gasteiger partial charge on any atom is 0.288 e. The summed E-state index contributed by atoms with van der Waals surface area (Å²) in [5.74, 6) is 0. The van der Waals surface area contributed by atoms with Crippen molar-refractivity contribution in [1.82, 2.24) is 0 Å². The summed E-state index contributed by atoms with van der Waals surface area (Å²) in [5, 5.41) is 14.3. The summed E-state index contributed by atoms with van der Waals surface area (Å²) < 4.78 is 5.49. The van der Waals surface area contributed by atoms with Crippen molar-refractivity contribution in [2.24, 2.45) is 0 Å². The summed E-state index contributed by atoms with van der Waals surface area (Å²) in [6.45, 7) is 4.56. The van der Waals surface area contributed by atoms with Gasteiger partial charge in [0.05, 0.1) is 11.0 Å². The zero-order valence-corrected chi connectivity index (χ0v) is 11.7. The first-order valence-corrected chi connectivity index (χ1v) is 6.71. The third kappa shape index (κ3) is 3.16. The average Bonchev–Trinajstić information content (AvgIpc) is 2.30. The van der Waals surface area contributed by atoms with Crippen molar-refractivity contribution in [1.29, 1.82) is 0 Å². The maximum atomic E-state index is 10.8. The standard InChI is InChI=1S/C13H17ClN2O3/c1-3-19-10-5-9(6-10)15-12-7-11(14)13(16(17)18)4-8(12)2/h4,7,9-10,15H,3,5-6H2,1-2H3. The first kappa shape index (κ1) is 14.1. The molecule has 0 radical (unpaired) electrons. The molecule has 5 nitrogen and oxygen atoms in total. The van der Waals surface area contributed by atoms with Crippen LogP contribution < -0.4 is 5.32 Å². The average molecular weight is 285 g/mol. The molecular formula is C13H17ClN2O3. The van der Waals surface area contributed by atoms with Crippen molar-refractivity contribution in [3.63, 3.8) is 0 Å². The number of ether oxygens (including phenoxy) is 1. The molecule has 1 saturated carbocycles. The minimum atomic E-state index is -0.465. The number of aryl methyl sites for hydroxylation is 1. The summed E-state index contributed by atoms with van der Waals surface area (Å²) in [6, 6.07) is 3.49. The predicted octanol–water partition coefficient (Wildman–Crippen LogP) is 3.54. The summed E-state index contributed by atoms with van der Waals surface area (Å²) in [4.78, 5) is 10.3. The Hall–Kier alpha value is -1.33. The number of nitro benzene ring substituents is 1. The van der Waals surface area contributed by atoms with E-state index in [-0.39, 0.29) is 10.7 Å². The van der Waals surface area contributed by atoms with E-state index in [9.17, 15) is 10.1 Å². The Bertz CT molecular complexity index is 487. The van der Waals surface area contributed by atoms with Crippen LogP contribution in [0.4, 0.5) is 11.4 Å². The van der Waals surface area contributed by atoms with Crippen LogP contribution in [0.5, 0.6) is 0 Å². The summed E-state index contributed by atoms with van der Waals surface area (Å²) in [5.41, 5.74) is 1.64. The Balaban J connectivity index is 2.02. The van der Waals surface area contributed by atoms with Crippen molar-refractivity contribution in [3.8, 4) is 0 Å². The Kier molecular flexibility index (Phi) is 4.27. The quantitative estimate of drug-likeness (QED) is 0.663. The molecule has 0 bridgehead atoms. The highest BCUT2D eigenvalue weighted by Crippen LogP contribution is 2.33. The van der Waals surface area contributed by atoms with E-state index >= 15 is 0 Å². The fourth-order valence-corrected chi connectivity index (χ4v) is 2.47. The van der Waals surface area contributed by atoms with E-state index < -0.39 is 4.92 Å². The molecule has 0 aromatic heterocycles. The second-order valence-corrected chi connectivity index (χ2v) is 5.17. The number of anilines is 1. The molecule has 0 unspecified atom stereocenters. The minimum Gasteiger partial charge on any atom is -0.382 e. The van der Waals surface area contributed by atoms with E-state index in [1.807, 2.05) is 13.8 Å². The molecule has 2 rings (SSSR count). The zero-order chi connectivity index (χ0) is 14.0. The molecule has 1 aromatic carbocycles. The van der Waals surface area contributed by atoms with Gasteiger partial charge in [-0.15, -0.1) is 0 Å². The molecule has 6 heteroatoms. The number of halogens is 1. The molecule has 1 aromatic rings. The van der Waals surface area contributed by atoms with Gasteiger partial charge in [0, 0.05) is 24.4 Å². The molecular weight excluding hydrogens is 268 g/mol. The van der Waals surface area contributed by atoms with Gasteiger partial charge in [-0.3, -0.25) is 10.1 Å². The maximum absolute atomic E-state index is 10.8. The molecule has 1 N–H and O–H groups in total. The zero-order valence-electron chi connectivity index (χ0n) is 11.0. The second-order valence-electron chi connectivity index (χ2n) is 4.77. The lowest BCUT2D eigenvalue weighted by Crippen LogP contribution is -2.40. The first-order valence-electron chi connectivity index (χ1n) is 6.34.